The third kappa shape index (κ3) is 7.08. The Hall–Kier alpha value is -2.72. The molecule has 2 unspecified atom stereocenters. The Bertz CT molecular complexity index is 1440. The smallest absolute Gasteiger partial charge is 0.673 e. The summed E-state index contributed by atoms with van der Waals surface area (Å²) in [5.41, 5.74) is 11.4. The summed E-state index contributed by atoms with van der Waals surface area (Å²) in [4.78, 5) is 5.32. The molecular weight excluding hydrogens is 679 g/mol. The molecule has 1 aliphatic heterocycles. The quantitative estimate of drug-likeness (QED) is 0.141. The third-order valence-corrected chi connectivity index (χ3v) is 7.84. The molecule has 42 heavy (non-hydrogen) atoms. The first kappa shape index (κ1) is 35.5. The second kappa shape index (κ2) is 15.1. The molecule has 3 aromatic carbocycles. The Morgan fingerprint density at radius 1 is 0.833 bits per heavy atom. The Morgan fingerprint density at radius 2 is 1.45 bits per heavy atom. The number of hydrogen-bond donors (Lipinski definition) is 0. The molecular formula is C38H46HfN2O. The van der Waals surface area contributed by atoms with Gasteiger partial charge in [-0.05, 0) is 67.0 Å². The number of hydrogen-bond acceptors (Lipinski definition) is 2. The largest absolute Gasteiger partial charge is 4.00 e. The fourth-order valence-corrected chi connectivity index (χ4v) is 5.85. The predicted octanol–water partition coefficient (Wildman–Crippen LogP) is 11.0. The fraction of sp³-hybridized carbons (Fsp3) is 0.316. The molecule has 0 bridgehead atoms. The van der Waals surface area contributed by atoms with E-state index in [-0.39, 0.29) is 52.7 Å². The molecule has 1 aromatic heterocycles. The number of aromatic nitrogens is 1. The van der Waals surface area contributed by atoms with Crippen LogP contribution in [0.3, 0.4) is 0 Å². The molecule has 4 heteroatoms. The van der Waals surface area contributed by atoms with Crippen LogP contribution in [-0.4, -0.2) is 11.6 Å². The SMILES string of the molecule is [CH2-]C1CCOc2c(C)cc(C)c(-c3cccc(C([N-]c4c(C(C)C)cccc4C(C)C)c4ccccc4)n3)c21.[CH3-].[CH3-].[Hf+4]. The van der Waals surface area contributed by atoms with Crippen molar-refractivity contribution in [2.24, 2.45) is 0 Å². The van der Waals surface area contributed by atoms with Crippen molar-refractivity contribution in [3.8, 4) is 17.0 Å². The molecule has 2 atom stereocenters. The number of rotatable bonds is 7. The van der Waals surface area contributed by atoms with Crippen LogP contribution in [0.15, 0.2) is 72.8 Å². The van der Waals surface area contributed by atoms with E-state index in [4.69, 9.17) is 15.0 Å². The van der Waals surface area contributed by atoms with Crippen LogP contribution in [0.4, 0.5) is 5.69 Å². The van der Waals surface area contributed by atoms with E-state index >= 15 is 0 Å². The van der Waals surface area contributed by atoms with Crippen LogP contribution >= 0.6 is 0 Å². The zero-order valence-corrected chi connectivity index (χ0v) is 30.3. The Morgan fingerprint density at radius 3 is 2.07 bits per heavy atom. The zero-order chi connectivity index (χ0) is 27.7. The van der Waals surface area contributed by atoms with Gasteiger partial charge in [-0.15, -0.1) is 11.6 Å². The van der Waals surface area contributed by atoms with Gasteiger partial charge >= 0.3 is 25.8 Å². The van der Waals surface area contributed by atoms with Crippen molar-refractivity contribution in [1.29, 1.82) is 0 Å². The Kier molecular flexibility index (Phi) is 12.8. The minimum absolute atomic E-state index is 0. The maximum Gasteiger partial charge on any atom is 4.00 e. The molecule has 4 aromatic rings. The first-order chi connectivity index (χ1) is 18.8. The van der Waals surface area contributed by atoms with E-state index in [9.17, 15) is 0 Å². The van der Waals surface area contributed by atoms with Crippen molar-refractivity contribution in [1.82, 2.24) is 4.98 Å². The van der Waals surface area contributed by atoms with Gasteiger partial charge in [0.1, 0.15) is 5.75 Å². The molecule has 0 radical (unpaired) electrons. The van der Waals surface area contributed by atoms with E-state index in [0.717, 1.165) is 40.4 Å². The normalized spacial score (nSPS) is 14.5. The fourth-order valence-electron chi connectivity index (χ4n) is 5.85. The standard InChI is InChI=1S/C36H40N2O.2CH3.Hf/c1-22(2)28-15-11-16-29(23(3)4)35(28)38-34(27-13-9-8-10-14-27)31-18-12-17-30(37-31)32-25(6)21-26(7)36-33(32)24(5)19-20-39-36;;;/h8-18,21-24,34H,5,19-20H2,1-4,6-7H3;2*1H3;/q-2;2*-1;+4. The molecule has 0 N–H and O–H groups in total. The molecule has 5 rings (SSSR count). The molecule has 2 heterocycles. The number of pyridine rings is 1. The molecule has 3 nitrogen and oxygen atoms in total. The van der Waals surface area contributed by atoms with Gasteiger partial charge in [-0.3, -0.25) is 4.98 Å². The van der Waals surface area contributed by atoms with Crippen LogP contribution in [0.25, 0.3) is 16.6 Å². The first-order valence-electron chi connectivity index (χ1n) is 14.2. The van der Waals surface area contributed by atoms with E-state index in [0.29, 0.717) is 18.4 Å². The molecule has 0 amide bonds. The van der Waals surface area contributed by atoms with E-state index in [1.807, 2.05) is 0 Å². The number of nitrogens with zero attached hydrogens (tertiary/aromatic N) is 2. The van der Waals surface area contributed by atoms with Gasteiger partial charge < -0.3 is 31.8 Å². The topological polar surface area (TPSA) is 36.2 Å². The van der Waals surface area contributed by atoms with Crippen molar-refractivity contribution < 1.29 is 30.6 Å². The van der Waals surface area contributed by atoms with Crippen LogP contribution in [-0.2, 0) is 25.8 Å². The van der Waals surface area contributed by atoms with Crippen LogP contribution in [0, 0.1) is 35.6 Å². The monoisotopic (exact) mass is 726 g/mol. The number of para-hydroxylation sites is 1. The second-order valence-electron chi connectivity index (χ2n) is 11.4. The molecule has 0 saturated heterocycles. The van der Waals surface area contributed by atoms with Gasteiger partial charge in [-0.1, -0.05) is 105 Å². The van der Waals surface area contributed by atoms with Crippen molar-refractivity contribution in [2.75, 3.05) is 6.61 Å². The number of benzene rings is 3. The van der Waals surface area contributed by atoms with Gasteiger partial charge in [0.05, 0.1) is 12.3 Å². The summed E-state index contributed by atoms with van der Waals surface area (Å²) in [5, 5.41) is 5.52. The Balaban J connectivity index is 0.00000205. The van der Waals surface area contributed by atoms with Crippen molar-refractivity contribution in [3.05, 3.63) is 139 Å². The molecule has 0 aliphatic carbocycles. The molecule has 0 fully saturated rings. The minimum atomic E-state index is -0.225. The van der Waals surface area contributed by atoms with E-state index < -0.39 is 0 Å². The summed E-state index contributed by atoms with van der Waals surface area (Å²) in [6.45, 7) is 18.5. The van der Waals surface area contributed by atoms with Gasteiger partial charge in [-0.2, -0.15) is 0 Å². The van der Waals surface area contributed by atoms with Gasteiger partial charge in [0.2, 0.25) is 0 Å². The van der Waals surface area contributed by atoms with Crippen LogP contribution < -0.4 is 4.74 Å². The van der Waals surface area contributed by atoms with E-state index in [1.54, 1.807) is 0 Å². The number of ether oxygens (including phenoxy) is 1. The molecule has 0 spiro atoms. The maximum absolute atomic E-state index is 6.15. The molecule has 218 valence electrons. The average Bonchev–Trinajstić information content (AvgIpc) is 2.92. The summed E-state index contributed by atoms with van der Waals surface area (Å²) in [5.74, 6) is 1.89. The number of aryl methyl sites for hydroxylation is 2. The summed E-state index contributed by atoms with van der Waals surface area (Å²) < 4.78 is 6.15. The average molecular weight is 725 g/mol. The van der Waals surface area contributed by atoms with Crippen LogP contribution in [0.5, 0.6) is 5.75 Å². The predicted molar refractivity (Wildman–Crippen MR) is 176 cm³/mol. The summed E-state index contributed by atoms with van der Waals surface area (Å²) in [7, 11) is 0. The maximum atomic E-state index is 6.15. The second-order valence-corrected chi connectivity index (χ2v) is 11.4. The van der Waals surface area contributed by atoms with Crippen molar-refractivity contribution in [2.45, 2.75) is 71.8 Å². The van der Waals surface area contributed by atoms with Gasteiger partial charge in [-0.25, -0.2) is 0 Å². The van der Waals surface area contributed by atoms with Crippen LogP contribution in [0.2, 0.25) is 0 Å². The molecule has 0 saturated carbocycles. The molecule has 1 aliphatic rings. The zero-order valence-electron chi connectivity index (χ0n) is 26.7. The van der Waals surface area contributed by atoms with Gasteiger partial charge in [0, 0.05) is 11.3 Å². The third-order valence-electron chi connectivity index (χ3n) is 7.84. The number of fused-ring (bicyclic) bond motifs is 1. The van der Waals surface area contributed by atoms with Gasteiger partial charge in [0.25, 0.3) is 0 Å². The van der Waals surface area contributed by atoms with E-state index in [1.165, 1.54) is 27.8 Å². The van der Waals surface area contributed by atoms with Crippen molar-refractivity contribution in [3.63, 3.8) is 0 Å². The van der Waals surface area contributed by atoms with Gasteiger partial charge in [0.15, 0.2) is 0 Å². The first-order valence-corrected chi connectivity index (χ1v) is 14.2. The summed E-state index contributed by atoms with van der Waals surface area (Å²) in [6, 6.07) is 25.5. The van der Waals surface area contributed by atoms with E-state index in [2.05, 4.69) is 121 Å². The minimum Gasteiger partial charge on any atom is -0.673 e. The Labute approximate surface area is 274 Å². The summed E-state index contributed by atoms with van der Waals surface area (Å²) in [6.07, 6.45) is 0.911. The van der Waals surface area contributed by atoms with Crippen molar-refractivity contribution >= 4 is 5.69 Å². The summed E-state index contributed by atoms with van der Waals surface area (Å²) >= 11 is 0. The van der Waals surface area contributed by atoms with Crippen LogP contribution in [0.1, 0.15) is 97.0 Å².